The lowest BCUT2D eigenvalue weighted by Crippen LogP contribution is -2.29. The molecule has 6 heteroatoms. The van der Waals surface area contributed by atoms with Crippen molar-refractivity contribution >= 4 is 15.7 Å². The van der Waals surface area contributed by atoms with Crippen molar-refractivity contribution in [3.05, 3.63) is 29.3 Å². The van der Waals surface area contributed by atoms with E-state index in [2.05, 4.69) is 0 Å². The number of anilines is 1. The summed E-state index contributed by atoms with van der Waals surface area (Å²) in [5, 5.41) is 0. The zero-order chi connectivity index (χ0) is 13.2. The molecule has 100 valence electrons. The molecule has 1 heterocycles. The summed E-state index contributed by atoms with van der Waals surface area (Å²) in [6.45, 7) is 3.47. The van der Waals surface area contributed by atoms with Gasteiger partial charge in [-0.3, -0.25) is 0 Å². The van der Waals surface area contributed by atoms with Crippen LogP contribution >= 0.6 is 0 Å². The van der Waals surface area contributed by atoms with Gasteiger partial charge in [0.2, 0.25) is 10.0 Å². The lowest BCUT2D eigenvalue weighted by molar-refractivity contribution is 0.162. The molecule has 0 saturated carbocycles. The van der Waals surface area contributed by atoms with E-state index in [1.807, 2.05) is 19.1 Å². The summed E-state index contributed by atoms with van der Waals surface area (Å²) in [6, 6.07) is 5.53. The summed E-state index contributed by atoms with van der Waals surface area (Å²) in [5.74, 6) is 0.0321. The monoisotopic (exact) mass is 270 g/mol. The molecule has 0 unspecified atom stereocenters. The fourth-order valence-corrected chi connectivity index (χ4v) is 3.28. The van der Waals surface area contributed by atoms with Gasteiger partial charge < -0.3 is 10.5 Å². The molecule has 1 aliphatic rings. The molecule has 0 bridgehead atoms. The van der Waals surface area contributed by atoms with Gasteiger partial charge in [0.25, 0.3) is 0 Å². The number of hydrogen-bond acceptors (Lipinski definition) is 4. The minimum absolute atomic E-state index is 0.0321. The minimum atomic E-state index is -3.25. The zero-order valence-electron chi connectivity index (χ0n) is 10.4. The topological polar surface area (TPSA) is 72.6 Å². The maximum absolute atomic E-state index is 12.1. The van der Waals surface area contributed by atoms with Crippen molar-refractivity contribution in [3.8, 4) is 0 Å². The lowest BCUT2D eigenvalue weighted by atomic mass is 10.1. The van der Waals surface area contributed by atoms with Gasteiger partial charge in [0.15, 0.2) is 0 Å². The van der Waals surface area contributed by atoms with Crippen LogP contribution < -0.4 is 5.73 Å². The molecule has 0 amide bonds. The first-order valence-corrected chi connectivity index (χ1v) is 7.56. The zero-order valence-corrected chi connectivity index (χ0v) is 11.2. The number of benzene rings is 1. The van der Waals surface area contributed by atoms with E-state index in [0.717, 1.165) is 11.1 Å². The van der Waals surface area contributed by atoms with E-state index < -0.39 is 10.0 Å². The van der Waals surface area contributed by atoms with Gasteiger partial charge in [0, 0.05) is 25.4 Å². The van der Waals surface area contributed by atoms with Crippen LogP contribution in [0.25, 0.3) is 0 Å². The van der Waals surface area contributed by atoms with Crippen LogP contribution in [0, 0.1) is 0 Å². The second-order valence-corrected chi connectivity index (χ2v) is 6.40. The molecule has 18 heavy (non-hydrogen) atoms. The number of nitrogen functional groups attached to an aromatic ring is 1. The molecule has 0 atom stereocenters. The Balaban J connectivity index is 2.06. The molecule has 0 aromatic heterocycles. The highest BCUT2D eigenvalue weighted by Gasteiger charge is 2.28. The summed E-state index contributed by atoms with van der Waals surface area (Å²) in [4.78, 5) is 0. The maximum atomic E-state index is 12.1. The number of ether oxygens (including phenoxy) is 1. The highest BCUT2D eigenvalue weighted by atomic mass is 32.2. The van der Waals surface area contributed by atoms with Gasteiger partial charge in [0.1, 0.15) is 0 Å². The number of nitrogens with zero attached hydrogens (tertiary/aromatic N) is 1. The quantitative estimate of drug-likeness (QED) is 0.638. The van der Waals surface area contributed by atoms with Gasteiger partial charge in [-0.1, -0.05) is 6.07 Å². The highest BCUT2D eigenvalue weighted by Crippen LogP contribution is 2.26. The molecule has 1 aliphatic heterocycles. The van der Waals surface area contributed by atoms with E-state index >= 15 is 0 Å². The van der Waals surface area contributed by atoms with Gasteiger partial charge in [-0.25, -0.2) is 8.42 Å². The van der Waals surface area contributed by atoms with Crippen LogP contribution in [0.3, 0.4) is 0 Å². The van der Waals surface area contributed by atoms with Crippen LogP contribution in [-0.2, 0) is 27.8 Å². The average molecular weight is 270 g/mol. The number of hydrogen-bond donors (Lipinski definition) is 1. The molecule has 0 radical (unpaired) electrons. The summed E-state index contributed by atoms with van der Waals surface area (Å²) in [5.41, 5.74) is 8.39. The summed E-state index contributed by atoms with van der Waals surface area (Å²) in [7, 11) is -3.25. The predicted octanol–water partition coefficient (Wildman–Crippen LogP) is 0.951. The third-order valence-electron chi connectivity index (χ3n) is 3.01. The number of rotatable bonds is 5. The Hall–Kier alpha value is -1.11. The first-order valence-electron chi connectivity index (χ1n) is 5.96. The second kappa shape index (κ2) is 5.26. The maximum Gasteiger partial charge on any atom is 0.216 e. The molecular formula is C12H18N2O3S. The van der Waals surface area contributed by atoms with Crippen molar-refractivity contribution in [2.45, 2.75) is 20.0 Å². The van der Waals surface area contributed by atoms with E-state index in [0.29, 0.717) is 25.4 Å². The molecule has 2 N–H and O–H groups in total. The van der Waals surface area contributed by atoms with Crippen molar-refractivity contribution < 1.29 is 13.2 Å². The predicted molar refractivity (Wildman–Crippen MR) is 70.4 cm³/mol. The van der Waals surface area contributed by atoms with Crippen LogP contribution in [0.1, 0.15) is 18.1 Å². The van der Waals surface area contributed by atoms with Gasteiger partial charge in [0.05, 0.1) is 12.4 Å². The smallest absolute Gasteiger partial charge is 0.216 e. The van der Waals surface area contributed by atoms with E-state index in [9.17, 15) is 8.42 Å². The molecule has 0 fully saturated rings. The van der Waals surface area contributed by atoms with Crippen LogP contribution in [0.4, 0.5) is 5.69 Å². The third kappa shape index (κ3) is 2.82. The third-order valence-corrected chi connectivity index (χ3v) is 4.73. The van der Waals surface area contributed by atoms with Crippen LogP contribution in [-0.4, -0.2) is 31.7 Å². The van der Waals surface area contributed by atoms with Crippen molar-refractivity contribution in [3.63, 3.8) is 0 Å². The largest absolute Gasteiger partial charge is 0.399 e. The highest BCUT2D eigenvalue weighted by molar-refractivity contribution is 7.89. The summed E-state index contributed by atoms with van der Waals surface area (Å²) < 4.78 is 30.7. The summed E-state index contributed by atoms with van der Waals surface area (Å²) in [6.07, 6.45) is 0. The van der Waals surface area contributed by atoms with E-state index in [1.54, 1.807) is 6.07 Å². The van der Waals surface area contributed by atoms with Gasteiger partial charge in [-0.05, 0) is 30.2 Å². The van der Waals surface area contributed by atoms with Gasteiger partial charge in [-0.15, -0.1) is 0 Å². The minimum Gasteiger partial charge on any atom is -0.399 e. The Morgan fingerprint density at radius 1 is 1.33 bits per heavy atom. The van der Waals surface area contributed by atoms with Crippen molar-refractivity contribution in [1.29, 1.82) is 0 Å². The average Bonchev–Trinajstić information content (AvgIpc) is 2.72. The standard InChI is InChI=1S/C12H18N2O3S/c1-2-17-5-6-18(15,16)14-8-10-3-4-12(13)7-11(10)9-14/h3-4,7H,2,5-6,8-9,13H2,1H3. The molecule has 1 aromatic rings. The molecule has 5 nitrogen and oxygen atoms in total. The van der Waals surface area contributed by atoms with Crippen LogP contribution in [0.5, 0.6) is 0 Å². The Morgan fingerprint density at radius 2 is 2.06 bits per heavy atom. The molecule has 2 rings (SSSR count). The first kappa shape index (κ1) is 13.3. The molecular weight excluding hydrogens is 252 g/mol. The Morgan fingerprint density at radius 3 is 2.78 bits per heavy atom. The number of nitrogens with two attached hydrogens (primary N) is 1. The van der Waals surface area contributed by atoms with Crippen LogP contribution in [0.15, 0.2) is 18.2 Å². The fourth-order valence-electron chi connectivity index (χ4n) is 2.02. The van der Waals surface area contributed by atoms with Crippen LogP contribution in [0.2, 0.25) is 0 Å². The van der Waals surface area contributed by atoms with E-state index in [1.165, 1.54) is 4.31 Å². The van der Waals surface area contributed by atoms with Crippen molar-refractivity contribution in [1.82, 2.24) is 4.31 Å². The van der Waals surface area contributed by atoms with Crippen molar-refractivity contribution in [2.75, 3.05) is 24.7 Å². The molecule has 1 aromatic carbocycles. The molecule has 0 saturated heterocycles. The van der Waals surface area contributed by atoms with Crippen molar-refractivity contribution in [2.24, 2.45) is 0 Å². The summed E-state index contributed by atoms with van der Waals surface area (Å²) >= 11 is 0. The van der Waals surface area contributed by atoms with Gasteiger partial charge >= 0.3 is 0 Å². The fraction of sp³-hybridized carbons (Fsp3) is 0.500. The normalized spacial score (nSPS) is 15.8. The van der Waals surface area contributed by atoms with E-state index in [4.69, 9.17) is 10.5 Å². The van der Waals surface area contributed by atoms with E-state index in [-0.39, 0.29) is 12.4 Å². The number of fused-ring (bicyclic) bond motifs is 1. The number of sulfonamides is 1. The van der Waals surface area contributed by atoms with Gasteiger partial charge in [-0.2, -0.15) is 4.31 Å². The SMILES string of the molecule is CCOCCS(=O)(=O)N1Cc2ccc(N)cc2C1. The second-order valence-electron chi connectivity index (χ2n) is 4.31. The molecule has 0 spiro atoms. The molecule has 0 aliphatic carbocycles. The first-order chi connectivity index (χ1) is 8.53. The Labute approximate surface area is 108 Å². The lowest BCUT2D eigenvalue weighted by Gasteiger charge is -2.15. The Bertz CT molecular complexity index is 528. The Kier molecular flexibility index (Phi) is 3.89.